The average molecular weight is 297 g/mol. The van der Waals surface area contributed by atoms with E-state index < -0.39 is 0 Å². The highest BCUT2D eigenvalue weighted by atomic mass is 32.2. The summed E-state index contributed by atoms with van der Waals surface area (Å²) in [7, 11) is 0. The zero-order chi connectivity index (χ0) is 13.8. The van der Waals surface area contributed by atoms with Gasteiger partial charge in [0.05, 0.1) is 6.10 Å². The van der Waals surface area contributed by atoms with Gasteiger partial charge in [0, 0.05) is 22.0 Å². The summed E-state index contributed by atoms with van der Waals surface area (Å²) in [4.78, 5) is 0. The van der Waals surface area contributed by atoms with E-state index in [9.17, 15) is 5.11 Å². The Hall–Kier alpha value is -0.120. The standard InChI is InChI=1S/C16H24OS2/c1-11(2)14-6-4-13(5-7-14)10-15(17)16-12(3)18-8-9-19-16/h4-7,11-12,15-17H,8-10H2,1-3H3. The van der Waals surface area contributed by atoms with Gasteiger partial charge in [-0.05, 0) is 23.5 Å². The molecule has 0 spiro atoms. The Bertz CT molecular complexity index is 388. The monoisotopic (exact) mass is 296 g/mol. The van der Waals surface area contributed by atoms with Gasteiger partial charge in [-0.3, -0.25) is 0 Å². The van der Waals surface area contributed by atoms with Crippen LogP contribution in [0.25, 0.3) is 0 Å². The third kappa shape index (κ3) is 4.17. The first kappa shape index (κ1) is 15.3. The Morgan fingerprint density at radius 2 is 1.79 bits per heavy atom. The number of rotatable bonds is 4. The van der Waals surface area contributed by atoms with E-state index in [2.05, 4.69) is 45.0 Å². The Morgan fingerprint density at radius 3 is 2.37 bits per heavy atom. The summed E-state index contributed by atoms with van der Waals surface area (Å²) in [6.45, 7) is 6.66. The molecule has 1 aromatic rings. The molecule has 0 bridgehead atoms. The summed E-state index contributed by atoms with van der Waals surface area (Å²) in [6.07, 6.45) is 0.554. The van der Waals surface area contributed by atoms with Crippen LogP contribution >= 0.6 is 23.5 Å². The minimum Gasteiger partial charge on any atom is -0.392 e. The zero-order valence-corrected chi connectivity index (χ0v) is 13.6. The van der Waals surface area contributed by atoms with E-state index in [1.807, 2.05) is 23.5 Å². The summed E-state index contributed by atoms with van der Waals surface area (Å²) in [5, 5.41) is 11.4. The van der Waals surface area contributed by atoms with Gasteiger partial charge in [0.15, 0.2) is 0 Å². The third-order valence-corrected chi connectivity index (χ3v) is 6.94. The molecule has 106 valence electrons. The molecule has 1 nitrogen and oxygen atoms in total. The SMILES string of the molecule is CC(C)c1ccc(CC(O)C2SCCSC2C)cc1. The summed E-state index contributed by atoms with van der Waals surface area (Å²) in [5.74, 6) is 2.96. The normalized spacial score (nSPS) is 25.5. The molecule has 3 atom stereocenters. The van der Waals surface area contributed by atoms with Crippen molar-refractivity contribution in [3.05, 3.63) is 35.4 Å². The van der Waals surface area contributed by atoms with E-state index in [1.165, 1.54) is 22.6 Å². The Kier molecular flexibility index (Phi) is 5.67. The molecule has 1 fully saturated rings. The molecule has 19 heavy (non-hydrogen) atoms. The Labute approximate surface area is 125 Å². The van der Waals surface area contributed by atoms with Crippen molar-refractivity contribution >= 4 is 23.5 Å². The lowest BCUT2D eigenvalue weighted by Crippen LogP contribution is -2.36. The molecule has 0 amide bonds. The molecule has 0 aliphatic carbocycles. The van der Waals surface area contributed by atoms with Crippen molar-refractivity contribution in [3.8, 4) is 0 Å². The number of aliphatic hydroxyl groups excluding tert-OH is 1. The molecule has 2 rings (SSSR count). The van der Waals surface area contributed by atoms with Gasteiger partial charge >= 0.3 is 0 Å². The number of benzene rings is 1. The predicted octanol–water partition coefficient (Wildman–Crippen LogP) is 3.95. The van der Waals surface area contributed by atoms with Crippen molar-refractivity contribution in [2.45, 2.75) is 49.7 Å². The number of aliphatic hydroxyl groups is 1. The molecule has 1 heterocycles. The van der Waals surface area contributed by atoms with Crippen LogP contribution in [-0.2, 0) is 6.42 Å². The van der Waals surface area contributed by atoms with Gasteiger partial charge in [0.25, 0.3) is 0 Å². The average Bonchev–Trinajstić information content (AvgIpc) is 2.39. The largest absolute Gasteiger partial charge is 0.392 e. The molecule has 3 heteroatoms. The van der Waals surface area contributed by atoms with E-state index in [0.717, 1.165) is 6.42 Å². The zero-order valence-electron chi connectivity index (χ0n) is 12.0. The van der Waals surface area contributed by atoms with Crippen LogP contribution in [0, 0.1) is 0 Å². The quantitative estimate of drug-likeness (QED) is 0.908. The van der Waals surface area contributed by atoms with Gasteiger partial charge < -0.3 is 5.11 Å². The van der Waals surface area contributed by atoms with Crippen molar-refractivity contribution in [2.24, 2.45) is 0 Å². The number of hydrogen-bond acceptors (Lipinski definition) is 3. The molecule has 1 N–H and O–H groups in total. The van der Waals surface area contributed by atoms with E-state index in [1.54, 1.807) is 0 Å². The highest BCUT2D eigenvalue weighted by Gasteiger charge is 2.29. The Morgan fingerprint density at radius 1 is 1.16 bits per heavy atom. The lowest BCUT2D eigenvalue weighted by Gasteiger charge is -2.31. The summed E-state index contributed by atoms with van der Waals surface area (Å²) < 4.78 is 0. The molecule has 0 saturated carbocycles. The molecule has 0 aromatic heterocycles. The molecule has 3 unspecified atom stereocenters. The molecule has 1 aliphatic rings. The first-order chi connectivity index (χ1) is 9.08. The van der Waals surface area contributed by atoms with Crippen molar-refractivity contribution in [2.75, 3.05) is 11.5 Å². The van der Waals surface area contributed by atoms with Crippen LogP contribution in [0.1, 0.15) is 37.8 Å². The fourth-order valence-electron chi connectivity index (χ4n) is 2.47. The molecule has 1 aliphatic heterocycles. The van der Waals surface area contributed by atoms with Crippen LogP contribution in [0.15, 0.2) is 24.3 Å². The maximum absolute atomic E-state index is 10.4. The topological polar surface area (TPSA) is 20.2 Å². The highest BCUT2D eigenvalue weighted by Crippen LogP contribution is 2.34. The third-order valence-electron chi connectivity index (χ3n) is 3.71. The fourth-order valence-corrected chi connectivity index (χ4v) is 5.31. The van der Waals surface area contributed by atoms with Gasteiger partial charge in [0.1, 0.15) is 0 Å². The number of hydrogen-bond donors (Lipinski definition) is 1. The van der Waals surface area contributed by atoms with E-state index in [4.69, 9.17) is 0 Å². The second-order valence-corrected chi connectivity index (χ2v) is 8.35. The fraction of sp³-hybridized carbons (Fsp3) is 0.625. The Balaban J connectivity index is 1.96. The number of thioether (sulfide) groups is 2. The molecule has 1 aromatic carbocycles. The smallest absolute Gasteiger partial charge is 0.0709 e. The summed E-state index contributed by atoms with van der Waals surface area (Å²) >= 11 is 3.93. The van der Waals surface area contributed by atoms with Crippen molar-refractivity contribution in [1.29, 1.82) is 0 Å². The maximum atomic E-state index is 10.4. The van der Waals surface area contributed by atoms with Gasteiger partial charge in [-0.2, -0.15) is 23.5 Å². The second kappa shape index (κ2) is 7.05. The predicted molar refractivity (Wildman–Crippen MR) is 88.4 cm³/mol. The van der Waals surface area contributed by atoms with E-state index in [-0.39, 0.29) is 6.10 Å². The van der Waals surface area contributed by atoms with E-state index >= 15 is 0 Å². The molecular weight excluding hydrogens is 272 g/mol. The molecular formula is C16H24OS2. The van der Waals surface area contributed by atoms with Crippen LogP contribution in [0.3, 0.4) is 0 Å². The lowest BCUT2D eigenvalue weighted by atomic mass is 9.98. The first-order valence-corrected chi connectivity index (χ1v) is 9.18. The van der Waals surface area contributed by atoms with Crippen LogP contribution in [-0.4, -0.2) is 33.2 Å². The highest BCUT2D eigenvalue weighted by molar-refractivity contribution is 8.07. The minimum absolute atomic E-state index is 0.224. The van der Waals surface area contributed by atoms with Crippen molar-refractivity contribution in [1.82, 2.24) is 0 Å². The summed E-state index contributed by atoms with van der Waals surface area (Å²) in [6, 6.07) is 8.73. The van der Waals surface area contributed by atoms with Crippen LogP contribution < -0.4 is 0 Å². The minimum atomic E-state index is -0.224. The van der Waals surface area contributed by atoms with Crippen LogP contribution in [0.4, 0.5) is 0 Å². The van der Waals surface area contributed by atoms with Gasteiger partial charge in [0.2, 0.25) is 0 Å². The first-order valence-electron chi connectivity index (χ1n) is 7.08. The summed E-state index contributed by atoms with van der Waals surface area (Å²) in [5.41, 5.74) is 2.62. The molecule has 1 saturated heterocycles. The maximum Gasteiger partial charge on any atom is 0.0709 e. The van der Waals surface area contributed by atoms with Crippen molar-refractivity contribution < 1.29 is 5.11 Å². The van der Waals surface area contributed by atoms with Crippen molar-refractivity contribution in [3.63, 3.8) is 0 Å². The van der Waals surface area contributed by atoms with E-state index in [0.29, 0.717) is 16.4 Å². The second-order valence-electron chi connectivity index (χ2n) is 5.58. The lowest BCUT2D eigenvalue weighted by molar-refractivity contribution is 0.171. The van der Waals surface area contributed by atoms with Gasteiger partial charge in [-0.1, -0.05) is 45.0 Å². The van der Waals surface area contributed by atoms with Gasteiger partial charge in [-0.25, -0.2) is 0 Å². The molecule has 0 radical (unpaired) electrons. The van der Waals surface area contributed by atoms with Crippen LogP contribution in [0.5, 0.6) is 0 Å². The van der Waals surface area contributed by atoms with Crippen LogP contribution in [0.2, 0.25) is 0 Å². The van der Waals surface area contributed by atoms with Gasteiger partial charge in [-0.15, -0.1) is 0 Å².